The van der Waals surface area contributed by atoms with E-state index >= 15 is 0 Å². The van der Waals surface area contributed by atoms with Gasteiger partial charge in [-0.25, -0.2) is 4.79 Å². The number of nitrogens with zero attached hydrogens (tertiary/aromatic N) is 1. The average Bonchev–Trinajstić information content (AvgIpc) is 3.31. The fourth-order valence-corrected chi connectivity index (χ4v) is 4.01. The van der Waals surface area contributed by atoms with Gasteiger partial charge in [-0.3, -0.25) is 29.0 Å². The van der Waals surface area contributed by atoms with E-state index in [9.17, 15) is 33.9 Å². The molecule has 0 bridgehead atoms. The standard InChI is InChI=1S/C25H35N9O8/c26-14(9-20(36)37)21(38)33-17(10-19(27)35)23(40)32-16(6-3-7-30-25(28)29)22(39)34-18(24(41)42)8-12-11-31-15-5-2-1-4-13(12)15/h1-2,4-5,11,14,16-18,31H,3,6-10,26H2,(H2,27,35)(H,32,40)(H,33,38)(H,34,39)(H,36,37)(H,41,42)(H4,28,29,30). The van der Waals surface area contributed by atoms with Crippen LogP contribution in [0.4, 0.5) is 0 Å². The zero-order chi connectivity index (χ0) is 31.4. The first-order valence-corrected chi connectivity index (χ1v) is 12.8. The maximum Gasteiger partial charge on any atom is 0.326 e. The molecule has 0 radical (unpaired) electrons. The summed E-state index contributed by atoms with van der Waals surface area (Å²) in [6, 6.07) is 1.32. The van der Waals surface area contributed by atoms with Crippen LogP contribution in [0.15, 0.2) is 35.5 Å². The molecule has 4 atom stereocenters. The number of aliphatic carboxylic acids is 2. The number of nitrogens with one attached hydrogen (secondary N) is 4. The van der Waals surface area contributed by atoms with Crippen molar-refractivity contribution >= 4 is 52.4 Å². The van der Waals surface area contributed by atoms with Gasteiger partial charge in [-0.05, 0) is 24.5 Å². The number of primary amides is 1. The Morgan fingerprint density at radius 1 is 0.857 bits per heavy atom. The summed E-state index contributed by atoms with van der Waals surface area (Å²) in [4.78, 5) is 80.0. The fourth-order valence-electron chi connectivity index (χ4n) is 4.01. The Morgan fingerprint density at radius 2 is 1.48 bits per heavy atom. The normalized spacial score (nSPS) is 13.6. The SMILES string of the molecule is NC(=O)CC(NC(=O)C(N)CC(=O)O)C(=O)NC(CCCN=C(N)N)C(=O)NC(Cc1c[nH]c2ccccc12)C(=O)O. The van der Waals surface area contributed by atoms with E-state index in [-0.39, 0.29) is 31.8 Å². The molecule has 1 heterocycles. The van der Waals surface area contributed by atoms with Crippen LogP contribution in [-0.4, -0.2) is 87.4 Å². The minimum atomic E-state index is -1.61. The summed E-state index contributed by atoms with van der Waals surface area (Å²) < 4.78 is 0. The van der Waals surface area contributed by atoms with Crippen LogP contribution in [-0.2, 0) is 35.2 Å². The predicted octanol–water partition coefficient (Wildman–Crippen LogP) is -3.02. The van der Waals surface area contributed by atoms with Gasteiger partial charge in [0.05, 0.1) is 18.9 Å². The third-order valence-electron chi connectivity index (χ3n) is 6.06. The quantitative estimate of drug-likeness (QED) is 0.0503. The van der Waals surface area contributed by atoms with Crippen LogP contribution in [0.3, 0.4) is 0 Å². The number of nitrogens with two attached hydrogens (primary N) is 4. The van der Waals surface area contributed by atoms with Gasteiger partial charge in [-0.15, -0.1) is 0 Å². The van der Waals surface area contributed by atoms with Crippen molar-refractivity contribution in [2.75, 3.05) is 6.54 Å². The summed E-state index contributed by atoms with van der Waals surface area (Å²) in [6.45, 7) is 0.0746. The van der Waals surface area contributed by atoms with Gasteiger partial charge in [0.15, 0.2) is 5.96 Å². The van der Waals surface area contributed by atoms with E-state index in [1.165, 1.54) is 0 Å². The minimum absolute atomic E-state index is 0.0659. The van der Waals surface area contributed by atoms with Crippen molar-refractivity contribution in [1.29, 1.82) is 0 Å². The lowest BCUT2D eigenvalue weighted by atomic mass is 10.0. The van der Waals surface area contributed by atoms with Crippen molar-refractivity contribution in [2.24, 2.45) is 27.9 Å². The van der Waals surface area contributed by atoms with E-state index in [1.54, 1.807) is 18.3 Å². The Kier molecular flexibility index (Phi) is 12.2. The Morgan fingerprint density at radius 3 is 2.10 bits per heavy atom. The summed E-state index contributed by atoms with van der Waals surface area (Å²) in [7, 11) is 0. The molecule has 17 nitrogen and oxygen atoms in total. The highest BCUT2D eigenvalue weighted by atomic mass is 16.4. The number of carbonyl (C=O) groups is 6. The van der Waals surface area contributed by atoms with Gasteiger partial charge < -0.3 is 54.1 Å². The maximum atomic E-state index is 13.3. The van der Waals surface area contributed by atoms with E-state index < -0.39 is 72.6 Å². The molecule has 2 rings (SSSR count). The van der Waals surface area contributed by atoms with Gasteiger partial charge in [-0.1, -0.05) is 18.2 Å². The number of carbonyl (C=O) groups excluding carboxylic acids is 4. The number of hydrogen-bond acceptors (Lipinski definition) is 8. The summed E-state index contributed by atoms with van der Waals surface area (Å²) in [5, 5.41) is 26.4. The zero-order valence-corrected chi connectivity index (χ0v) is 22.5. The Hall–Kier alpha value is -5.19. The molecule has 0 fully saturated rings. The van der Waals surface area contributed by atoms with Crippen molar-refractivity contribution < 1.29 is 39.0 Å². The second-order valence-corrected chi connectivity index (χ2v) is 9.41. The number of aromatic amines is 1. The first-order valence-electron chi connectivity index (χ1n) is 12.8. The number of rotatable bonds is 17. The van der Waals surface area contributed by atoms with Crippen molar-refractivity contribution in [1.82, 2.24) is 20.9 Å². The van der Waals surface area contributed by atoms with E-state index in [0.717, 1.165) is 10.9 Å². The molecule has 0 saturated carbocycles. The molecule has 14 N–H and O–H groups in total. The number of carboxylic acids is 2. The molecule has 228 valence electrons. The zero-order valence-electron chi connectivity index (χ0n) is 22.5. The molecule has 0 saturated heterocycles. The number of carboxylic acid groups (broad SMARTS) is 2. The highest BCUT2D eigenvalue weighted by Gasteiger charge is 2.31. The average molecular weight is 590 g/mol. The largest absolute Gasteiger partial charge is 0.481 e. The number of para-hydroxylation sites is 1. The summed E-state index contributed by atoms with van der Waals surface area (Å²) in [6.07, 6.45) is 0.211. The molecule has 4 unspecified atom stereocenters. The summed E-state index contributed by atoms with van der Waals surface area (Å²) in [5.41, 5.74) is 22.8. The number of H-pyrrole nitrogens is 1. The molecule has 4 amide bonds. The predicted molar refractivity (Wildman–Crippen MR) is 149 cm³/mol. The van der Waals surface area contributed by atoms with E-state index in [0.29, 0.717) is 5.56 Å². The molecule has 2 aromatic rings. The number of aliphatic imine (C=N–C) groups is 1. The number of hydrogen-bond donors (Lipinski definition) is 10. The second kappa shape index (κ2) is 15.6. The third-order valence-corrected chi connectivity index (χ3v) is 6.06. The van der Waals surface area contributed by atoms with Gasteiger partial charge in [0.1, 0.15) is 18.1 Å². The van der Waals surface area contributed by atoms with Gasteiger partial charge >= 0.3 is 11.9 Å². The number of benzene rings is 1. The van der Waals surface area contributed by atoms with Gasteiger partial charge in [0, 0.05) is 30.1 Å². The van der Waals surface area contributed by atoms with Crippen LogP contribution in [0.25, 0.3) is 10.9 Å². The van der Waals surface area contributed by atoms with Crippen molar-refractivity contribution in [2.45, 2.75) is 56.3 Å². The van der Waals surface area contributed by atoms with Crippen LogP contribution in [0.2, 0.25) is 0 Å². The lowest BCUT2D eigenvalue weighted by Gasteiger charge is -2.24. The second-order valence-electron chi connectivity index (χ2n) is 9.41. The Balaban J connectivity index is 2.23. The van der Waals surface area contributed by atoms with E-state index in [1.807, 2.05) is 12.1 Å². The molecule has 0 aliphatic rings. The minimum Gasteiger partial charge on any atom is -0.481 e. The van der Waals surface area contributed by atoms with Crippen LogP contribution in [0.1, 0.15) is 31.2 Å². The van der Waals surface area contributed by atoms with E-state index in [4.69, 9.17) is 28.0 Å². The highest BCUT2D eigenvalue weighted by Crippen LogP contribution is 2.19. The molecule has 17 heteroatoms. The van der Waals surface area contributed by atoms with Gasteiger partial charge in [0.2, 0.25) is 23.6 Å². The molecule has 42 heavy (non-hydrogen) atoms. The number of amides is 4. The van der Waals surface area contributed by atoms with Gasteiger partial charge in [0.25, 0.3) is 0 Å². The topological polar surface area (TPSA) is 311 Å². The number of guanidine groups is 1. The first kappa shape index (κ1) is 33.0. The molecule has 1 aromatic heterocycles. The summed E-state index contributed by atoms with van der Waals surface area (Å²) in [5.74, 6) is -6.82. The molecule has 1 aromatic carbocycles. The van der Waals surface area contributed by atoms with Crippen molar-refractivity contribution in [3.8, 4) is 0 Å². The van der Waals surface area contributed by atoms with Crippen LogP contribution in [0.5, 0.6) is 0 Å². The number of fused-ring (bicyclic) bond motifs is 1. The van der Waals surface area contributed by atoms with Crippen LogP contribution in [0, 0.1) is 0 Å². The summed E-state index contributed by atoms with van der Waals surface area (Å²) >= 11 is 0. The van der Waals surface area contributed by atoms with Crippen LogP contribution < -0.4 is 38.9 Å². The molecule has 0 aliphatic heterocycles. The lowest BCUT2D eigenvalue weighted by molar-refractivity contribution is -0.142. The number of aromatic nitrogens is 1. The monoisotopic (exact) mass is 589 g/mol. The maximum absolute atomic E-state index is 13.3. The lowest BCUT2D eigenvalue weighted by Crippen LogP contribution is -2.58. The first-order chi connectivity index (χ1) is 19.8. The highest BCUT2D eigenvalue weighted by molar-refractivity contribution is 5.96. The Bertz CT molecular complexity index is 1340. The molecule has 0 spiro atoms. The van der Waals surface area contributed by atoms with E-state index in [2.05, 4.69) is 25.9 Å². The van der Waals surface area contributed by atoms with Crippen LogP contribution >= 0.6 is 0 Å². The fraction of sp³-hybridized carbons (Fsp3) is 0.400. The smallest absolute Gasteiger partial charge is 0.326 e. The molecule has 0 aliphatic carbocycles. The van der Waals surface area contributed by atoms with Crippen molar-refractivity contribution in [3.63, 3.8) is 0 Å². The molecular weight excluding hydrogens is 554 g/mol. The van der Waals surface area contributed by atoms with Gasteiger partial charge in [-0.2, -0.15) is 0 Å². The third kappa shape index (κ3) is 10.4. The van der Waals surface area contributed by atoms with Crippen molar-refractivity contribution in [3.05, 3.63) is 36.0 Å². The Labute approximate surface area is 239 Å². The molecular formula is C25H35N9O8.